The third-order valence-corrected chi connectivity index (χ3v) is 4.62. The number of benzene rings is 1. The normalized spacial score (nSPS) is 11.2. The van der Waals surface area contributed by atoms with Gasteiger partial charge in [0.25, 0.3) is 0 Å². The molecule has 0 radical (unpaired) electrons. The van der Waals surface area contributed by atoms with Crippen LogP contribution in [0.25, 0.3) is 20.9 Å². The van der Waals surface area contributed by atoms with Gasteiger partial charge in [-0.25, -0.2) is 9.97 Å². The number of hydrogen-bond acceptors (Lipinski definition) is 5. The minimum absolute atomic E-state index is 0.645. The van der Waals surface area contributed by atoms with Crippen molar-refractivity contribution in [3.63, 3.8) is 0 Å². The third-order valence-electron chi connectivity index (χ3n) is 2.67. The summed E-state index contributed by atoms with van der Waals surface area (Å²) in [5.41, 5.74) is 8.83. The van der Waals surface area contributed by atoms with E-state index >= 15 is 0 Å². The molecular weight excluding hydrogens is 262 g/mol. The van der Waals surface area contributed by atoms with Gasteiger partial charge in [0.2, 0.25) is 0 Å². The summed E-state index contributed by atoms with van der Waals surface area (Å²) < 4.78 is 1.22. The summed E-state index contributed by atoms with van der Waals surface area (Å²) in [6.07, 6.45) is 0.842. The zero-order valence-corrected chi connectivity index (χ0v) is 11.6. The lowest BCUT2D eigenvalue weighted by Gasteiger charge is -1.88. The average molecular weight is 275 g/mol. The van der Waals surface area contributed by atoms with Crippen molar-refractivity contribution in [3.8, 4) is 10.7 Å². The first-order chi connectivity index (χ1) is 8.76. The van der Waals surface area contributed by atoms with Gasteiger partial charge in [0.1, 0.15) is 10.7 Å². The van der Waals surface area contributed by atoms with Crippen LogP contribution >= 0.6 is 22.7 Å². The molecule has 0 saturated carbocycles. The number of nitrogens with two attached hydrogens (primary N) is 1. The Kier molecular flexibility index (Phi) is 3.11. The van der Waals surface area contributed by atoms with E-state index in [1.807, 2.05) is 0 Å². The Hall–Kier alpha value is -1.30. The highest BCUT2D eigenvalue weighted by Gasteiger charge is 2.09. The molecule has 0 aliphatic rings. The molecule has 5 heteroatoms. The lowest BCUT2D eigenvalue weighted by molar-refractivity contribution is 0.954. The van der Waals surface area contributed by atoms with Crippen LogP contribution in [0.1, 0.15) is 10.6 Å². The SMILES string of the molecule is Cc1ccc2nc(-c3csc(CCN)n3)sc2c1. The fourth-order valence-electron chi connectivity index (χ4n) is 1.79. The van der Waals surface area contributed by atoms with Crippen molar-refractivity contribution in [2.24, 2.45) is 5.73 Å². The highest BCUT2D eigenvalue weighted by molar-refractivity contribution is 7.21. The van der Waals surface area contributed by atoms with Crippen molar-refractivity contribution in [2.75, 3.05) is 6.54 Å². The molecule has 0 unspecified atom stereocenters. The van der Waals surface area contributed by atoms with Gasteiger partial charge in [0.15, 0.2) is 0 Å². The van der Waals surface area contributed by atoms with Crippen LogP contribution in [0.3, 0.4) is 0 Å². The number of rotatable bonds is 3. The van der Waals surface area contributed by atoms with Gasteiger partial charge in [-0.1, -0.05) is 6.07 Å². The number of hydrogen-bond donors (Lipinski definition) is 1. The molecule has 2 N–H and O–H groups in total. The first kappa shape index (κ1) is 11.8. The molecule has 0 aliphatic heterocycles. The number of aromatic nitrogens is 2. The Morgan fingerprint density at radius 1 is 1.28 bits per heavy atom. The zero-order valence-electron chi connectivity index (χ0n) is 10.0. The molecule has 0 atom stereocenters. The maximum atomic E-state index is 5.54. The largest absolute Gasteiger partial charge is 0.330 e. The van der Waals surface area contributed by atoms with E-state index in [1.54, 1.807) is 22.7 Å². The Labute approximate surface area is 113 Å². The zero-order chi connectivity index (χ0) is 12.5. The van der Waals surface area contributed by atoms with Crippen LogP contribution in [0.4, 0.5) is 0 Å². The summed E-state index contributed by atoms with van der Waals surface area (Å²) in [4.78, 5) is 9.20. The summed E-state index contributed by atoms with van der Waals surface area (Å²) in [5.74, 6) is 0. The van der Waals surface area contributed by atoms with Crippen molar-refractivity contribution in [1.82, 2.24) is 9.97 Å². The number of thiazole rings is 2. The van der Waals surface area contributed by atoms with Crippen molar-refractivity contribution in [1.29, 1.82) is 0 Å². The van der Waals surface area contributed by atoms with E-state index in [0.717, 1.165) is 27.6 Å². The van der Waals surface area contributed by atoms with E-state index in [9.17, 15) is 0 Å². The quantitative estimate of drug-likeness (QED) is 0.798. The molecule has 3 nitrogen and oxygen atoms in total. The van der Waals surface area contributed by atoms with E-state index in [4.69, 9.17) is 5.73 Å². The third kappa shape index (κ3) is 2.16. The van der Waals surface area contributed by atoms with Gasteiger partial charge in [0.05, 0.1) is 15.2 Å². The second-order valence-electron chi connectivity index (χ2n) is 4.16. The van der Waals surface area contributed by atoms with Gasteiger partial charge in [-0.15, -0.1) is 22.7 Å². The Morgan fingerprint density at radius 3 is 3.00 bits per heavy atom. The molecule has 0 spiro atoms. The summed E-state index contributed by atoms with van der Waals surface area (Å²) in [7, 11) is 0. The maximum absolute atomic E-state index is 5.54. The summed E-state index contributed by atoms with van der Waals surface area (Å²) >= 11 is 3.36. The fourth-order valence-corrected chi connectivity index (χ4v) is 3.69. The second kappa shape index (κ2) is 4.76. The molecule has 0 bridgehead atoms. The molecule has 0 saturated heterocycles. The number of aryl methyl sites for hydroxylation is 1. The smallest absolute Gasteiger partial charge is 0.143 e. The molecule has 0 amide bonds. The minimum atomic E-state index is 0.645. The monoisotopic (exact) mass is 275 g/mol. The molecule has 3 aromatic rings. The topological polar surface area (TPSA) is 51.8 Å². The first-order valence-corrected chi connectivity index (χ1v) is 7.48. The number of nitrogens with zero attached hydrogens (tertiary/aromatic N) is 2. The molecule has 18 heavy (non-hydrogen) atoms. The molecule has 92 valence electrons. The Bertz CT molecular complexity index is 684. The van der Waals surface area contributed by atoms with Crippen LogP contribution in [0.5, 0.6) is 0 Å². The molecule has 1 aromatic carbocycles. The van der Waals surface area contributed by atoms with Gasteiger partial charge in [-0.2, -0.15) is 0 Å². The van der Waals surface area contributed by atoms with Crippen LogP contribution in [0, 0.1) is 6.92 Å². The number of fused-ring (bicyclic) bond motifs is 1. The van der Waals surface area contributed by atoms with E-state index in [1.165, 1.54) is 10.3 Å². The lowest BCUT2D eigenvalue weighted by Crippen LogP contribution is -2.01. The predicted molar refractivity (Wildman–Crippen MR) is 78.2 cm³/mol. The minimum Gasteiger partial charge on any atom is -0.330 e. The van der Waals surface area contributed by atoms with Crippen LogP contribution in [-0.2, 0) is 6.42 Å². The van der Waals surface area contributed by atoms with Crippen LogP contribution < -0.4 is 5.73 Å². The van der Waals surface area contributed by atoms with E-state index in [0.29, 0.717) is 6.54 Å². The predicted octanol–water partition coefficient (Wildman–Crippen LogP) is 3.23. The standard InChI is InChI=1S/C13H13N3S2/c1-8-2-3-9-11(6-8)18-13(16-9)10-7-17-12(15-10)4-5-14/h2-3,6-7H,4-5,14H2,1H3. The van der Waals surface area contributed by atoms with Gasteiger partial charge >= 0.3 is 0 Å². The molecule has 2 aromatic heterocycles. The van der Waals surface area contributed by atoms with E-state index in [-0.39, 0.29) is 0 Å². The Balaban J connectivity index is 2.02. The second-order valence-corrected chi connectivity index (χ2v) is 6.13. The van der Waals surface area contributed by atoms with E-state index in [2.05, 4.69) is 40.5 Å². The molecule has 0 fully saturated rings. The molecule has 2 heterocycles. The summed E-state index contributed by atoms with van der Waals surface area (Å²) in [6, 6.07) is 6.33. The molecule has 3 rings (SSSR count). The van der Waals surface area contributed by atoms with Crippen molar-refractivity contribution >= 4 is 32.9 Å². The first-order valence-electron chi connectivity index (χ1n) is 5.78. The van der Waals surface area contributed by atoms with E-state index < -0.39 is 0 Å². The lowest BCUT2D eigenvalue weighted by atomic mass is 10.2. The van der Waals surface area contributed by atoms with Gasteiger partial charge in [0, 0.05) is 11.8 Å². The maximum Gasteiger partial charge on any atom is 0.143 e. The molecule has 0 aliphatic carbocycles. The highest BCUT2D eigenvalue weighted by Crippen LogP contribution is 2.31. The van der Waals surface area contributed by atoms with Gasteiger partial charge in [-0.05, 0) is 31.2 Å². The van der Waals surface area contributed by atoms with Crippen molar-refractivity contribution in [3.05, 3.63) is 34.2 Å². The van der Waals surface area contributed by atoms with Gasteiger partial charge < -0.3 is 5.73 Å². The fraction of sp³-hybridized carbons (Fsp3) is 0.231. The van der Waals surface area contributed by atoms with Crippen LogP contribution in [-0.4, -0.2) is 16.5 Å². The van der Waals surface area contributed by atoms with Crippen LogP contribution in [0.15, 0.2) is 23.6 Å². The molecular formula is C13H13N3S2. The summed E-state index contributed by atoms with van der Waals surface area (Å²) in [5, 5.41) is 4.15. The Morgan fingerprint density at radius 2 is 2.17 bits per heavy atom. The van der Waals surface area contributed by atoms with Crippen LogP contribution in [0.2, 0.25) is 0 Å². The summed E-state index contributed by atoms with van der Waals surface area (Å²) in [6.45, 7) is 2.74. The van der Waals surface area contributed by atoms with Gasteiger partial charge in [-0.3, -0.25) is 0 Å². The van der Waals surface area contributed by atoms with Crippen molar-refractivity contribution < 1.29 is 0 Å². The van der Waals surface area contributed by atoms with Crippen molar-refractivity contribution in [2.45, 2.75) is 13.3 Å². The average Bonchev–Trinajstić information content (AvgIpc) is 2.94. The highest BCUT2D eigenvalue weighted by atomic mass is 32.1.